The van der Waals surface area contributed by atoms with Gasteiger partial charge in [-0.2, -0.15) is 0 Å². The molecule has 0 aliphatic carbocycles. The van der Waals surface area contributed by atoms with Gasteiger partial charge >= 0.3 is 71.6 Å². The zero-order valence-corrected chi connectivity index (χ0v) is 35.2. The van der Waals surface area contributed by atoms with Crippen LogP contribution in [0.1, 0.15) is 83.1 Å². The van der Waals surface area contributed by atoms with Gasteiger partial charge in [0.05, 0.1) is 0 Å². The summed E-state index contributed by atoms with van der Waals surface area (Å²) in [6, 6.07) is 0. The Morgan fingerprint density at radius 2 is 0.344 bits per heavy atom. The Morgan fingerprint density at radius 1 is 0.230 bits per heavy atom. The number of carboxylic acid groups (broad SMARTS) is 2. The van der Waals surface area contributed by atoms with Gasteiger partial charge < -0.3 is 62.3 Å². The van der Waals surface area contributed by atoms with Crippen LogP contribution in [-0.2, 0) is 110 Å². The smallest absolute Gasteiger partial charge is 0.347 e. The second kappa shape index (κ2) is 25.3. The van der Waals surface area contributed by atoms with Crippen LogP contribution < -0.4 is 0 Å². The summed E-state index contributed by atoms with van der Waals surface area (Å²) in [6.45, 7) is 12.9. The molecule has 0 aromatic rings. The standard InChI is InChI=1S/C36H50O25/c1-13(25(37)38)52-29(43)17(5)56-33(47)21(9)60-35(49)23(11)58-31(45)19(7)54-27(41)15(3)51-16(4)28(42)55-20(8)32(46)59-24(12)36(50)61-22(10)34(48)57-18(6)30(44)53-14(2)26(39)40/h13-24H,1-12H3,(H,37,38)(H,39,40)/t13-,14-,15-,16-,17-,18-,19-,20-,21-,22-,23-,24-/m0/s1. The Hall–Kier alpha value is -6.40. The van der Waals surface area contributed by atoms with E-state index >= 15 is 0 Å². The summed E-state index contributed by atoms with van der Waals surface area (Å²) in [7, 11) is 0. The first-order chi connectivity index (χ1) is 28.0. The maximum absolute atomic E-state index is 12.6. The van der Waals surface area contributed by atoms with Crippen molar-refractivity contribution in [1.82, 2.24) is 0 Å². The van der Waals surface area contributed by atoms with Crippen LogP contribution in [0.4, 0.5) is 0 Å². The van der Waals surface area contributed by atoms with Crippen LogP contribution >= 0.6 is 0 Å². The van der Waals surface area contributed by atoms with Crippen LogP contribution in [0.5, 0.6) is 0 Å². The Bertz CT molecular complexity index is 1530. The molecule has 25 heteroatoms. The predicted octanol–water partition coefficient (Wildman–Crippen LogP) is -0.734. The van der Waals surface area contributed by atoms with Crippen molar-refractivity contribution < 1.29 is 120 Å². The Morgan fingerprint density at radius 3 is 0.475 bits per heavy atom. The number of carbonyl (C=O) groups excluding carboxylic acids is 10. The van der Waals surface area contributed by atoms with Gasteiger partial charge in [-0.1, -0.05) is 0 Å². The third-order valence-corrected chi connectivity index (χ3v) is 7.35. The lowest BCUT2D eigenvalue weighted by Gasteiger charge is -2.22. The molecule has 0 spiro atoms. The van der Waals surface area contributed by atoms with Crippen LogP contribution in [0.15, 0.2) is 0 Å². The fraction of sp³-hybridized carbons (Fsp3) is 0.667. The SMILES string of the molecule is C[C@H](OC(=O)[C@H](C)OC(=O)[C@H](C)OC(=O)[C@H](C)OC(=O)[C@H](C)OC(=O)[C@H](C)O[C@@H](C)C(=O)O[C@@H](C)C(=O)O[C@@H](C)C(=O)O[C@@H](C)C(=O)O[C@@H](C)C(=O)O[C@@H](C)C(=O)O)C(=O)O. The van der Waals surface area contributed by atoms with Gasteiger partial charge in [-0.05, 0) is 83.1 Å². The normalized spacial score (nSPS) is 16.7. The lowest BCUT2D eigenvalue weighted by atomic mass is 10.3. The molecule has 0 bridgehead atoms. The maximum Gasteiger partial charge on any atom is 0.347 e. The highest BCUT2D eigenvalue weighted by Crippen LogP contribution is 2.12. The van der Waals surface area contributed by atoms with E-state index in [2.05, 4.69) is 9.47 Å². The zero-order valence-electron chi connectivity index (χ0n) is 35.2. The van der Waals surface area contributed by atoms with Crippen LogP contribution in [0.25, 0.3) is 0 Å². The molecule has 0 heterocycles. The number of esters is 10. The summed E-state index contributed by atoms with van der Waals surface area (Å²) < 4.78 is 53.5. The van der Waals surface area contributed by atoms with E-state index in [1.165, 1.54) is 0 Å². The maximum atomic E-state index is 12.6. The van der Waals surface area contributed by atoms with E-state index in [1.807, 2.05) is 0 Å². The van der Waals surface area contributed by atoms with E-state index in [-0.39, 0.29) is 0 Å². The molecule has 2 N–H and O–H groups in total. The van der Waals surface area contributed by atoms with Crippen molar-refractivity contribution >= 4 is 71.6 Å². The van der Waals surface area contributed by atoms with Crippen molar-refractivity contribution in [1.29, 1.82) is 0 Å². The Labute approximate surface area is 347 Å². The van der Waals surface area contributed by atoms with Gasteiger partial charge in [0.1, 0.15) is 0 Å². The van der Waals surface area contributed by atoms with E-state index in [1.54, 1.807) is 0 Å². The van der Waals surface area contributed by atoms with E-state index in [0.29, 0.717) is 0 Å². The second-order valence-electron chi connectivity index (χ2n) is 12.9. The lowest BCUT2D eigenvalue weighted by molar-refractivity contribution is -0.190. The lowest BCUT2D eigenvalue weighted by Crippen LogP contribution is -2.40. The molecule has 344 valence electrons. The first-order valence-electron chi connectivity index (χ1n) is 18.2. The van der Waals surface area contributed by atoms with Crippen molar-refractivity contribution in [3.8, 4) is 0 Å². The van der Waals surface area contributed by atoms with Crippen LogP contribution in [0.3, 0.4) is 0 Å². The van der Waals surface area contributed by atoms with Crippen LogP contribution in [0, 0.1) is 0 Å². The minimum absolute atomic E-state index is 1.06. The largest absolute Gasteiger partial charge is 0.479 e. The average Bonchev–Trinajstić information content (AvgIpc) is 3.16. The summed E-state index contributed by atoms with van der Waals surface area (Å²) in [6.07, 6.45) is -19.2. The topological polar surface area (TPSA) is 347 Å². The molecule has 0 radical (unpaired) electrons. The average molecular weight is 883 g/mol. The number of rotatable bonds is 24. The molecule has 0 aromatic carbocycles. The van der Waals surface area contributed by atoms with Gasteiger partial charge in [0.15, 0.2) is 73.2 Å². The first kappa shape index (κ1) is 54.6. The molecule has 0 aromatic heterocycles. The van der Waals surface area contributed by atoms with Crippen molar-refractivity contribution in [3.63, 3.8) is 0 Å². The molecule has 0 aliphatic heterocycles. The molecular weight excluding hydrogens is 832 g/mol. The fourth-order valence-electron chi connectivity index (χ4n) is 3.60. The van der Waals surface area contributed by atoms with Crippen molar-refractivity contribution in [2.45, 2.75) is 156 Å². The Balaban J connectivity index is 4.91. The highest BCUT2D eigenvalue weighted by Gasteiger charge is 2.35. The number of hydrogen-bond acceptors (Lipinski definition) is 23. The summed E-state index contributed by atoms with van der Waals surface area (Å²) in [5.41, 5.74) is 0. The monoisotopic (exact) mass is 882 g/mol. The van der Waals surface area contributed by atoms with Crippen LogP contribution in [-0.4, -0.2) is 155 Å². The first-order valence-corrected chi connectivity index (χ1v) is 18.2. The van der Waals surface area contributed by atoms with E-state index < -0.39 is 145 Å². The number of carbonyl (C=O) groups is 12. The minimum atomic E-state index is -1.66. The molecule has 61 heavy (non-hydrogen) atoms. The third-order valence-electron chi connectivity index (χ3n) is 7.35. The van der Waals surface area contributed by atoms with Crippen LogP contribution in [0.2, 0.25) is 0 Å². The summed E-state index contributed by atoms with van der Waals surface area (Å²) >= 11 is 0. The van der Waals surface area contributed by atoms with Crippen molar-refractivity contribution in [3.05, 3.63) is 0 Å². The highest BCUT2D eigenvalue weighted by atomic mass is 16.7. The quantitative estimate of drug-likeness (QED) is 0.0891. The number of aliphatic carboxylic acids is 2. The number of ether oxygens (including phenoxy) is 11. The predicted molar refractivity (Wildman–Crippen MR) is 191 cm³/mol. The molecule has 12 atom stereocenters. The molecule has 25 nitrogen and oxygen atoms in total. The third kappa shape index (κ3) is 19.5. The van der Waals surface area contributed by atoms with Gasteiger partial charge in [0.2, 0.25) is 0 Å². The highest BCUT2D eigenvalue weighted by molar-refractivity contribution is 5.88. The molecule has 0 amide bonds. The van der Waals surface area contributed by atoms with Gasteiger partial charge in [0, 0.05) is 0 Å². The molecular formula is C36H50O25. The van der Waals surface area contributed by atoms with Gasteiger partial charge in [-0.3, -0.25) is 0 Å². The fourth-order valence-corrected chi connectivity index (χ4v) is 3.60. The Kier molecular flexibility index (Phi) is 22.6. The molecule has 0 saturated heterocycles. The number of carboxylic acids is 2. The van der Waals surface area contributed by atoms with Gasteiger partial charge in [-0.15, -0.1) is 0 Å². The van der Waals surface area contributed by atoms with Crippen molar-refractivity contribution in [2.24, 2.45) is 0 Å². The molecule has 0 aliphatic rings. The molecule has 0 rings (SSSR count). The van der Waals surface area contributed by atoms with Gasteiger partial charge in [0.25, 0.3) is 0 Å². The second-order valence-corrected chi connectivity index (χ2v) is 12.9. The van der Waals surface area contributed by atoms with E-state index in [9.17, 15) is 57.5 Å². The summed E-state index contributed by atoms with van der Waals surface area (Å²) in [4.78, 5) is 145. The molecule has 0 saturated carbocycles. The zero-order chi connectivity index (χ0) is 47.6. The summed E-state index contributed by atoms with van der Waals surface area (Å²) in [5, 5.41) is 17.6. The van der Waals surface area contributed by atoms with Gasteiger partial charge in [-0.25, -0.2) is 57.5 Å². The number of hydrogen-bond donors (Lipinski definition) is 2. The van der Waals surface area contributed by atoms with Crippen molar-refractivity contribution in [2.75, 3.05) is 0 Å². The summed E-state index contributed by atoms with van der Waals surface area (Å²) in [5.74, 6) is -15.1. The van der Waals surface area contributed by atoms with E-state index in [0.717, 1.165) is 83.1 Å². The molecule has 0 unspecified atom stereocenters. The minimum Gasteiger partial charge on any atom is -0.479 e. The molecule has 0 fully saturated rings. The van der Waals surface area contributed by atoms with E-state index in [4.69, 9.17) is 52.8 Å².